The lowest BCUT2D eigenvalue weighted by atomic mass is 10.0. The number of nitrogens with one attached hydrogen (secondary N) is 1. The Kier molecular flexibility index (Phi) is 5.08. The van der Waals surface area contributed by atoms with Crippen molar-refractivity contribution in [1.29, 1.82) is 0 Å². The summed E-state index contributed by atoms with van der Waals surface area (Å²) in [5.74, 6) is -0.180. The molecule has 0 saturated carbocycles. The van der Waals surface area contributed by atoms with Crippen LogP contribution in [0.25, 0.3) is 0 Å². The van der Waals surface area contributed by atoms with Crippen LogP contribution in [-0.4, -0.2) is 0 Å². The Labute approximate surface area is 132 Å². The number of hydrogen-bond donors (Lipinski definition) is 1. The van der Waals surface area contributed by atoms with Crippen LogP contribution < -0.4 is 5.32 Å². The summed E-state index contributed by atoms with van der Waals surface area (Å²) in [5.41, 5.74) is 2.54. The van der Waals surface area contributed by atoms with E-state index in [0.29, 0.717) is 14.2 Å². The maximum absolute atomic E-state index is 13.6. The Balaban J connectivity index is 2.12. The van der Waals surface area contributed by atoms with Gasteiger partial charge in [-0.15, -0.1) is 11.3 Å². The number of halogens is 3. The first-order valence-electron chi connectivity index (χ1n) is 6.35. The zero-order valence-corrected chi connectivity index (χ0v) is 13.8. The Hall–Kier alpha value is -0.610. The lowest BCUT2D eigenvalue weighted by Crippen LogP contribution is -2.22. The lowest BCUT2D eigenvalue weighted by Gasteiger charge is -2.20. The van der Waals surface area contributed by atoms with Crippen molar-refractivity contribution in [3.05, 3.63) is 55.4 Å². The van der Waals surface area contributed by atoms with E-state index in [2.05, 4.69) is 5.32 Å². The van der Waals surface area contributed by atoms with Crippen molar-refractivity contribution in [2.75, 3.05) is 0 Å². The summed E-state index contributed by atoms with van der Waals surface area (Å²) in [5, 5.41) is 3.41. The third-order valence-electron chi connectivity index (χ3n) is 3.35. The van der Waals surface area contributed by atoms with Crippen molar-refractivity contribution < 1.29 is 4.39 Å². The maximum Gasteiger partial charge on any atom is 0.126 e. The molecule has 1 heterocycles. The van der Waals surface area contributed by atoms with Gasteiger partial charge in [0.1, 0.15) is 5.82 Å². The molecule has 1 aromatic carbocycles. The Morgan fingerprint density at radius 2 is 1.85 bits per heavy atom. The molecule has 108 valence electrons. The molecule has 2 rings (SSSR count). The molecule has 20 heavy (non-hydrogen) atoms. The van der Waals surface area contributed by atoms with Crippen LogP contribution in [0.2, 0.25) is 8.67 Å². The first-order chi connectivity index (χ1) is 9.38. The average Bonchev–Trinajstić information content (AvgIpc) is 2.71. The van der Waals surface area contributed by atoms with E-state index >= 15 is 0 Å². The summed E-state index contributed by atoms with van der Waals surface area (Å²) >= 11 is 13.5. The van der Waals surface area contributed by atoms with Gasteiger partial charge in [-0.2, -0.15) is 0 Å². The molecule has 0 radical (unpaired) electrons. The van der Waals surface area contributed by atoms with Gasteiger partial charge in [0.25, 0.3) is 0 Å². The molecular weight excluding hydrogens is 316 g/mol. The second-order valence-corrected chi connectivity index (χ2v) is 7.18. The monoisotopic (exact) mass is 331 g/mol. The summed E-state index contributed by atoms with van der Waals surface area (Å²) in [7, 11) is 0. The highest BCUT2D eigenvalue weighted by Crippen LogP contribution is 2.35. The van der Waals surface area contributed by atoms with E-state index in [1.807, 2.05) is 26.0 Å². The highest BCUT2D eigenvalue weighted by Gasteiger charge is 2.16. The fourth-order valence-corrected chi connectivity index (χ4v) is 3.73. The van der Waals surface area contributed by atoms with Gasteiger partial charge in [-0.3, -0.25) is 0 Å². The van der Waals surface area contributed by atoms with Gasteiger partial charge in [0, 0.05) is 12.1 Å². The van der Waals surface area contributed by atoms with Crippen molar-refractivity contribution in [1.82, 2.24) is 5.32 Å². The zero-order chi connectivity index (χ0) is 14.9. The fourth-order valence-electron chi connectivity index (χ4n) is 2.09. The quantitative estimate of drug-likeness (QED) is 0.733. The van der Waals surface area contributed by atoms with Crippen molar-refractivity contribution in [2.45, 2.75) is 32.9 Å². The highest BCUT2D eigenvalue weighted by atomic mass is 35.5. The molecule has 0 aliphatic rings. The number of aryl methyl sites for hydroxylation is 1. The van der Waals surface area contributed by atoms with E-state index in [0.717, 1.165) is 11.1 Å². The maximum atomic E-state index is 13.6. The van der Waals surface area contributed by atoms with Gasteiger partial charge in [0.2, 0.25) is 0 Å². The standard InChI is InChI=1S/C15H16Cl2FNS/c1-8-4-5-11(6-13(8)18)9(2)19-10(3)12-7-14(16)20-15(12)17/h4-7,9-10,19H,1-3H3. The van der Waals surface area contributed by atoms with Crippen LogP contribution in [0, 0.1) is 12.7 Å². The molecule has 1 aromatic heterocycles. The first-order valence-corrected chi connectivity index (χ1v) is 7.92. The minimum absolute atomic E-state index is 0.0230. The second-order valence-electron chi connectivity index (χ2n) is 4.90. The van der Waals surface area contributed by atoms with Crippen molar-refractivity contribution in [2.24, 2.45) is 0 Å². The second kappa shape index (κ2) is 6.44. The van der Waals surface area contributed by atoms with Gasteiger partial charge < -0.3 is 5.32 Å². The summed E-state index contributed by atoms with van der Waals surface area (Å²) in [4.78, 5) is 0. The van der Waals surface area contributed by atoms with Crippen LogP contribution in [0.4, 0.5) is 4.39 Å². The SMILES string of the molecule is Cc1ccc(C(C)NC(C)c2cc(Cl)sc2Cl)cc1F. The first kappa shape index (κ1) is 15.8. The molecule has 0 aliphatic carbocycles. The Morgan fingerprint density at radius 1 is 1.15 bits per heavy atom. The molecule has 2 atom stereocenters. The van der Waals surface area contributed by atoms with Crippen LogP contribution in [0.15, 0.2) is 24.3 Å². The fraction of sp³-hybridized carbons (Fsp3) is 0.333. The summed E-state index contributed by atoms with van der Waals surface area (Å²) in [6, 6.07) is 7.24. The van der Waals surface area contributed by atoms with E-state index < -0.39 is 0 Å². The van der Waals surface area contributed by atoms with Crippen molar-refractivity contribution >= 4 is 34.5 Å². The van der Waals surface area contributed by atoms with E-state index in [-0.39, 0.29) is 17.9 Å². The smallest absolute Gasteiger partial charge is 0.126 e. The summed E-state index contributed by atoms with van der Waals surface area (Å²) in [6.07, 6.45) is 0. The number of hydrogen-bond acceptors (Lipinski definition) is 2. The molecular formula is C15H16Cl2FNS. The van der Waals surface area contributed by atoms with Gasteiger partial charge >= 0.3 is 0 Å². The summed E-state index contributed by atoms with van der Waals surface area (Å²) < 4.78 is 15.0. The van der Waals surface area contributed by atoms with E-state index in [4.69, 9.17) is 23.2 Å². The molecule has 0 saturated heterocycles. The Bertz CT molecular complexity index is 612. The van der Waals surface area contributed by atoms with Crippen LogP contribution in [0.5, 0.6) is 0 Å². The number of thiophene rings is 1. The molecule has 0 amide bonds. The van der Waals surface area contributed by atoms with Gasteiger partial charge in [0.15, 0.2) is 0 Å². The molecule has 2 aromatic rings. The minimum Gasteiger partial charge on any atom is -0.304 e. The predicted octanol–water partition coefficient (Wildman–Crippen LogP) is 5.91. The molecule has 1 N–H and O–H groups in total. The van der Waals surface area contributed by atoms with Crippen LogP contribution in [-0.2, 0) is 0 Å². The van der Waals surface area contributed by atoms with Crippen molar-refractivity contribution in [3.8, 4) is 0 Å². The van der Waals surface area contributed by atoms with E-state index in [1.54, 1.807) is 19.1 Å². The lowest BCUT2D eigenvalue weighted by molar-refractivity contribution is 0.492. The third kappa shape index (κ3) is 3.53. The van der Waals surface area contributed by atoms with Crippen molar-refractivity contribution in [3.63, 3.8) is 0 Å². The molecule has 2 unspecified atom stereocenters. The number of benzene rings is 1. The van der Waals surface area contributed by atoms with Gasteiger partial charge in [0.05, 0.1) is 8.67 Å². The molecule has 1 nitrogen and oxygen atoms in total. The highest BCUT2D eigenvalue weighted by molar-refractivity contribution is 7.20. The van der Waals surface area contributed by atoms with Gasteiger partial charge in [-0.1, -0.05) is 35.3 Å². The largest absolute Gasteiger partial charge is 0.304 e. The minimum atomic E-state index is -0.180. The third-order valence-corrected chi connectivity index (χ3v) is 4.86. The summed E-state index contributed by atoms with van der Waals surface area (Å²) in [6.45, 7) is 5.78. The van der Waals surface area contributed by atoms with Crippen LogP contribution in [0.1, 0.15) is 42.6 Å². The molecule has 0 spiro atoms. The normalized spacial score (nSPS) is 14.3. The predicted molar refractivity (Wildman–Crippen MR) is 85.4 cm³/mol. The van der Waals surface area contributed by atoms with Crippen LogP contribution >= 0.6 is 34.5 Å². The van der Waals surface area contributed by atoms with E-state index in [9.17, 15) is 4.39 Å². The molecule has 0 fully saturated rings. The average molecular weight is 332 g/mol. The van der Waals surface area contributed by atoms with Crippen LogP contribution in [0.3, 0.4) is 0 Å². The zero-order valence-electron chi connectivity index (χ0n) is 11.5. The Morgan fingerprint density at radius 3 is 2.40 bits per heavy atom. The van der Waals surface area contributed by atoms with Gasteiger partial charge in [-0.25, -0.2) is 4.39 Å². The van der Waals surface area contributed by atoms with Gasteiger partial charge in [-0.05, 0) is 49.6 Å². The van der Waals surface area contributed by atoms with E-state index in [1.165, 1.54) is 11.3 Å². The molecule has 5 heteroatoms. The topological polar surface area (TPSA) is 12.0 Å². The number of rotatable bonds is 4. The molecule has 0 bridgehead atoms. The molecule has 0 aliphatic heterocycles.